The van der Waals surface area contributed by atoms with Crippen LogP contribution in [-0.4, -0.2) is 42.6 Å². The zero-order valence-corrected chi connectivity index (χ0v) is 10.2. The third-order valence-electron chi connectivity index (χ3n) is 3.41. The summed E-state index contributed by atoms with van der Waals surface area (Å²) >= 11 is 0. The molecule has 0 bridgehead atoms. The number of oxazole rings is 1. The third-order valence-corrected chi connectivity index (χ3v) is 3.41. The number of fused-ring (bicyclic) bond motifs is 1. The van der Waals surface area contributed by atoms with Crippen LogP contribution in [0.3, 0.4) is 0 Å². The van der Waals surface area contributed by atoms with Crippen molar-refractivity contribution in [3.63, 3.8) is 0 Å². The lowest BCUT2D eigenvalue weighted by Gasteiger charge is -2.27. The van der Waals surface area contributed by atoms with Gasteiger partial charge in [0.15, 0.2) is 5.58 Å². The molecule has 5 heteroatoms. The van der Waals surface area contributed by atoms with Gasteiger partial charge in [-0.1, -0.05) is 6.07 Å². The minimum absolute atomic E-state index is 0.385. The van der Waals surface area contributed by atoms with Gasteiger partial charge in [-0.3, -0.25) is 4.98 Å². The first kappa shape index (κ1) is 11.5. The van der Waals surface area contributed by atoms with E-state index in [1.54, 1.807) is 0 Å². The standard InChI is InChI=1S/C13H17N3O2/c17-13-15-11-2-1-10(9-12(11)18-13)3-6-16-7-4-14-5-8-16/h1-2,9,14H,3-8H2,(H,15,17). The third kappa shape index (κ3) is 2.47. The molecule has 1 fully saturated rings. The molecule has 0 unspecified atom stereocenters. The molecule has 2 heterocycles. The van der Waals surface area contributed by atoms with Crippen molar-refractivity contribution in [2.45, 2.75) is 6.42 Å². The fraction of sp³-hybridized carbons (Fsp3) is 0.462. The van der Waals surface area contributed by atoms with Crippen LogP contribution in [0.25, 0.3) is 11.1 Å². The highest BCUT2D eigenvalue weighted by Crippen LogP contribution is 2.13. The molecule has 0 saturated carbocycles. The van der Waals surface area contributed by atoms with Gasteiger partial charge in [-0.2, -0.15) is 0 Å². The van der Waals surface area contributed by atoms with Gasteiger partial charge in [-0.05, 0) is 24.1 Å². The van der Waals surface area contributed by atoms with E-state index in [1.165, 1.54) is 5.56 Å². The number of aromatic nitrogens is 1. The number of nitrogens with zero attached hydrogens (tertiary/aromatic N) is 1. The highest BCUT2D eigenvalue weighted by molar-refractivity contribution is 5.72. The molecule has 18 heavy (non-hydrogen) atoms. The van der Waals surface area contributed by atoms with Crippen LogP contribution in [0.5, 0.6) is 0 Å². The van der Waals surface area contributed by atoms with E-state index in [9.17, 15) is 4.79 Å². The minimum Gasteiger partial charge on any atom is -0.408 e. The van der Waals surface area contributed by atoms with E-state index in [1.807, 2.05) is 12.1 Å². The van der Waals surface area contributed by atoms with E-state index in [0.717, 1.165) is 44.7 Å². The topological polar surface area (TPSA) is 61.3 Å². The molecular weight excluding hydrogens is 230 g/mol. The van der Waals surface area contributed by atoms with Crippen molar-refractivity contribution in [3.8, 4) is 0 Å². The predicted octanol–water partition coefficient (Wildman–Crippen LogP) is 0.569. The SMILES string of the molecule is O=c1[nH]c2ccc(CCN3CCNCC3)cc2o1. The van der Waals surface area contributed by atoms with Gasteiger partial charge in [0.05, 0.1) is 5.52 Å². The molecule has 3 rings (SSSR count). The second kappa shape index (κ2) is 4.96. The Kier molecular flexibility index (Phi) is 3.17. The highest BCUT2D eigenvalue weighted by Gasteiger charge is 2.09. The fourth-order valence-electron chi connectivity index (χ4n) is 2.37. The average molecular weight is 247 g/mol. The van der Waals surface area contributed by atoms with Gasteiger partial charge in [-0.15, -0.1) is 0 Å². The van der Waals surface area contributed by atoms with Crippen LogP contribution < -0.4 is 11.1 Å². The van der Waals surface area contributed by atoms with Crippen LogP contribution in [0.4, 0.5) is 0 Å². The molecule has 5 nitrogen and oxygen atoms in total. The van der Waals surface area contributed by atoms with Crippen LogP contribution in [0.1, 0.15) is 5.56 Å². The zero-order chi connectivity index (χ0) is 12.4. The van der Waals surface area contributed by atoms with Crippen LogP contribution in [-0.2, 0) is 6.42 Å². The molecule has 2 aromatic rings. The van der Waals surface area contributed by atoms with Crippen molar-refractivity contribution >= 4 is 11.1 Å². The summed E-state index contributed by atoms with van der Waals surface area (Å²) in [6, 6.07) is 5.92. The number of benzene rings is 1. The van der Waals surface area contributed by atoms with Gasteiger partial charge in [0, 0.05) is 32.7 Å². The summed E-state index contributed by atoms with van der Waals surface area (Å²) < 4.78 is 5.07. The zero-order valence-electron chi connectivity index (χ0n) is 10.2. The van der Waals surface area contributed by atoms with Gasteiger partial charge in [0.25, 0.3) is 0 Å². The van der Waals surface area contributed by atoms with Gasteiger partial charge in [-0.25, -0.2) is 4.79 Å². The summed E-state index contributed by atoms with van der Waals surface area (Å²) in [7, 11) is 0. The van der Waals surface area contributed by atoms with Crippen LogP contribution in [0.2, 0.25) is 0 Å². The van der Waals surface area contributed by atoms with E-state index in [4.69, 9.17) is 4.42 Å². The summed E-state index contributed by atoms with van der Waals surface area (Å²) in [5.41, 5.74) is 2.63. The minimum atomic E-state index is -0.385. The summed E-state index contributed by atoms with van der Waals surface area (Å²) in [4.78, 5) is 16.2. The molecule has 0 amide bonds. The molecule has 2 N–H and O–H groups in total. The van der Waals surface area contributed by atoms with E-state index in [-0.39, 0.29) is 5.76 Å². The van der Waals surface area contributed by atoms with E-state index in [2.05, 4.69) is 21.3 Å². The molecule has 1 aromatic carbocycles. The van der Waals surface area contributed by atoms with Gasteiger partial charge in [0.1, 0.15) is 0 Å². The number of H-pyrrole nitrogens is 1. The van der Waals surface area contributed by atoms with Crippen molar-refractivity contribution in [2.75, 3.05) is 32.7 Å². The molecule has 0 aliphatic carbocycles. The first-order chi connectivity index (χ1) is 8.81. The molecule has 1 aromatic heterocycles. The molecule has 1 aliphatic rings. The van der Waals surface area contributed by atoms with Crippen LogP contribution >= 0.6 is 0 Å². The first-order valence-corrected chi connectivity index (χ1v) is 6.36. The first-order valence-electron chi connectivity index (χ1n) is 6.36. The van der Waals surface area contributed by atoms with Gasteiger partial charge >= 0.3 is 5.76 Å². The Hall–Kier alpha value is -1.59. The van der Waals surface area contributed by atoms with E-state index in [0.29, 0.717) is 5.58 Å². The Morgan fingerprint density at radius 1 is 1.28 bits per heavy atom. The Morgan fingerprint density at radius 2 is 2.11 bits per heavy atom. The Balaban J connectivity index is 1.68. The maximum Gasteiger partial charge on any atom is 0.417 e. The molecule has 96 valence electrons. The number of rotatable bonds is 3. The average Bonchev–Trinajstić information content (AvgIpc) is 2.77. The summed E-state index contributed by atoms with van der Waals surface area (Å²) in [6.07, 6.45) is 0.991. The lowest BCUT2D eigenvalue weighted by atomic mass is 10.1. The lowest BCUT2D eigenvalue weighted by Crippen LogP contribution is -2.44. The monoisotopic (exact) mass is 247 g/mol. The molecular formula is C13H17N3O2. The van der Waals surface area contributed by atoms with Crippen molar-refractivity contribution in [3.05, 3.63) is 34.3 Å². The summed E-state index contributed by atoms with van der Waals surface area (Å²) in [6.45, 7) is 5.43. The number of hydrogen-bond donors (Lipinski definition) is 2. The molecule has 1 aliphatic heterocycles. The number of aromatic amines is 1. The molecule has 1 saturated heterocycles. The smallest absolute Gasteiger partial charge is 0.408 e. The molecule has 0 spiro atoms. The normalized spacial score (nSPS) is 17.3. The summed E-state index contributed by atoms with van der Waals surface area (Å²) in [5, 5.41) is 3.34. The largest absolute Gasteiger partial charge is 0.417 e. The molecule has 0 radical (unpaired) electrons. The Labute approximate surface area is 105 Å². The predicted molar refractivity (Wildman–Crippen MR) is 69.8 cm³/mol. The number of nitrogens with one attached hydrogen (secondary N) is 2. The Bertz CT molecular complexity index is 581. The van der Waals surface area contributed by atoms with Crippen LogP contribution in [0.15, 0.2) is 27.4 Å². The maximum atomic E-state index is 11.1. The van der Waals surface area contributed by atoms with Crippen molar-refractivity contribution in [2.24, 2.45) is 0 Å². The van der Waals surface area contributed by atoms with E-state index >= 15 is 0 Å². The fourth-order valence-corrected chi connectivity index (χ4v) is 2.37. The van der Waals surface area contributed by atoms with Crippen molar-refractivity contribution in [1.82, 2.24) is 15.2 Å². The summed E-state index contributed by atoms with van der Waals surface area (Å²) in [5.74, 6) is -0.385. The Morgan fingerprint density at radius 3 is 2.94 bits per heavy atom. The quantitative estimate of drug-likeness (QED) is 0.832. The number of piperazine rings is 1. The number of hydrogen-bond acceptors (Lipinski definition) is 4. The second-order valence-corrected chi connectivity index (χ2v) is 4.69. The highest BCUT2D eigenvalue weighted by atomic mass is 16.4. The van der Waals surface area contributed by atoms with Gasteiger partial charge < -0.3 is 14.6 Å². The molecule has 0 atom stereocenters. The lowest BCUT2D eigenvalue weighted by molar-refractivity contribution is 0.244. The second-order valence-electron chi connectivity index (χ2n) is 4.69. The van der Waals surface area contributed by atoms with E-state index < -0.39 is 0 Å². The van der Waals surface area contributed by atoms with Crippen molar-refractivity contribution < 1.29 is 4.42 Å². The van der Waals surface area contributed by atoms with Gasteiger partial charge in [0.2, 0.25) is 0 Å². The maximum absolute atomic E-state index is 11.1. The van der Waals surface area contributed by atoms with Crippen molar-refractivity contribution in [1.29, 1.82) is 0 Å². The van der Waals surface area contributed by atoms with Crippen LogP contribution in [0, 0.1) is 0 Å².